The van der Waals surface area contributed by atoms with Gasteiger partial charge in [0.05, 0.1) is 23.0 Å². The number of nitrogens with one attached hydrogen (secondary N) is 3. The van der Waals surface area contributed by atoms with Gasteiger partial charge in [-0.15, -0.1) is 0 Å². The van der Waals surface area contributed by atoms with Crippen LogP contribution >= 0.6 is 11.6 Å². The summed E-state index contributed by atoms with van der Waals surface area (Å²) in [5, 5.41) is 6.69. The van der Waals surface area contributed by atoms with Crippen LogP contribution in [0.5, 0.6) is 0 Å². The maximum Gasteiger partial charge on any atom is 0.344 e. The maximum atomic E-state index is 13.0. The van der Waals surface area contributed by atoms with Crippen molar-refractivity contribution in [1.82, 2.24) is 21.1 Å². The van der Waals surface area contributed by atoms with Gasteiger partial charge in [-0.05, 0) is 49.3 Å². The third kappa shape index (κ3) is 4.92. The molecular weight excluding hydrogens is 456 g/mol. The van der Waals surface area contributed by atoms with Gasteiger partial charge < -0.3 is 10.6 Å². The summed E-state index contributed by atoms with van der Waals surface area (Å²) in [5.41, 5.74) is 2.48. The van der Waals surface area contributed by atoms with E-state index in [1.165, 1.54) is 0 Å². The van der Waals surface area contributed by atoms with Crippen molar-refractivity contribution in [2.75, 3.05) is 0 Å². The van der Waals surface area contributed by atoms with Crippen LogP contribution in [0.15, 0.2) is 54.6 Å². The number of carbonyl (C=O) groups excluding carboxylic acids is 4. The van der Waals surface area contributed by atoms with Crippen molar-refractivity contribution in [1.29, 1.82) is 0 Å². The molecule has 1 atom stereocenters. The second-order valence-corrected chi connectivity index (χ2v) is 9.40. The summed E-state index contributed by atoms with van der Waals surface area (Å²) in [6, 6.07) is 14.3. The minimum absolute atomic E-state index is 0.179. The number of halogens is 1. The van der Waals surface area contributed by atoms with E-state index in [4.69, 9.17) is 11.6 Å². The Bertz CT molecular complexity index is 1100. The largest absolute Gasteiger partial charge is 0.345 e. The van der Waals surface area contributed by atoms with E-state index in [0.29, 0.717) is 29.3 Å². The van der Waals surface area contributed by atoms with Gasteiger partial charge in [-0.1, -0.05) is 61.0 Å². The molecule has 1 aliphatic carbocycles. The molecule has 1 heterocycles. The lowest BCUT2D eigenvalue weighted by molar-refractivity contribution is -0.140. The van der Waals surface area contributed by atoms with Gasteiger partial charge in [0.15, 0.2) is 0 Å². The maximum absolute atomic E-state index is 13.0. The third-order valence-corrected chi connectivity index (χ3v) is 6.87. The Kier molecular flexibility index (Phi) is 6.88. The van der Waals surface area contributed by atoms with Crippen LogP contribution in [-0.2, 0) is 9.59 Å². The van der Waals surface area contributed by atoms with Gasteiger partial charge in [-0.2, -0.15) is 5.01 Å². The summed E-state index contributed by atoms with van der Waals surface area (Å²) >= 11 is 6.15. The van der Waals surface area contributed by atoms with Crippen molar-refractivity contribution in [2.45, 2.75) is 50.6 Å². The van der Waals surface area contributed by atoms with Gasteiger partial charge in [-0.25, -0.2) is 4.79 Å². The second kappa shape index (κ2) is 9.85. The molecule has 1 aliphatic heterocycles. The van der Waals surface area contributed by atoms with Crippen molar-refractivity contribution < 1.29 is 19.2 Å². The smallest absolute Gasteiger partial charge is 0.344 e. The fourth-order valence-corrected chi connectivity index (χ4v) is 4.71. The molecule has 5 amide bonds. The molecule has 1 saturated heterocycles. The van der Waals surface area contributed by atoms with Crippen LogP contribution < -0.4 is 16.1 Å². The highest BCUT2D eigenvalue weighted by molar-refractivity contribution is 6.33. The van der Waals surface area contributed by atoms with Crippen LogP contribution in [0.3, 0.4) is 0 Å². The average Bonchev–Trinajstić information content (AvgIpc) is 3.05. The predicted octanol–water partition coefficient (Wildman–Crippen LogP) is 3.73. The van der Waals surface area contributed by atoms with Crippen LogP contribution in [0.2, 0.25) is 5.02 Å². The highest BCUT2D eigenvalue weighted by Crippen LogP contribution is 2.35. The Hall–Kier alpha value is -3.39. The normalized spacial score (nSPS) is 22.9. The quantitative estimate of drug-likeness (QED) is 0.545. The zero-order valence-corrected chi connectivity index (χ0v) is 19.6. The number of imide groups is 1. The Labute approximate surface area is 203 Å². The molecule has 4 rings (SSSR count). The fraction of sp³-hybridized carbons (Fsp3) is 0.360. The van der Waals surface area contributed by atoms with Crippen molar-refractivity contribution in [3.05, 3.63) is 70.7 Å². The SMILES string of the molecule is CC1CCC2(CC1)NC(=O)N(NC(=O)CC(NC(=O)c1ccccc1Cl)c1ccccc1)C2=O. The summed E-state index contributed by atoms with van der Waals surface area (Å²) in [4.78, 5) is 51.3. The van der Waals surface area contributed by atoms with E-state index >= 15 is 0 Å². The van der Waals surface area contributed by atoms with Gasteiger partial charge in [0.1, 0.15) is 5.54 Å². The van der Waals surface area contributed by atoms with E-state index in [0.717, 1.165) is 17.9 Å². The Morgan fingerprint density at radius 3 is 2.41 bits per heavy atom. The van der Waals surface area contributed by atoms with Crippen molar-refractivity contribution in [3.8, 4) is 0 Å². The van der Waals surface area contributed by atoms with E-state index in [1.54, 1.807) is 48.5 Å². The molecule has 0 aromatic heterocycles. The summed E-state index contributed by atoms with van der Waals surface area (Å²) in [6.45, 7) is 2.12. The van der Waals surface area contributed by atoms with Crippen molar-refractivity contribution in [3.63, 3.8) is 0 Å². The topological polar surface area (TPSA) is 108 Å². The Morgan fingerprint density at radius 2 is 1.74 bits per heavy atom. The first-order valence-corrected chi connectivity index (χ1v) is 11.7. The highest BCUT2D eigenvalue weighted by atomic mass is 35.5. The third-order valence-electron chi connectivity index (χ3n) is 6.54. The molecule has 2 aliphatic rings. The number of benzene rings is 2. The standard InChI is InChI=1S/C25H27ClN4O4/c1-16-11-13-25(14-12-16)23(33)30(24(34)28-25)29-21(31)15-20(17-7-3-2-4-8-17)27-22(32)18-9-5-6-10-19(18)26/h2-10,16,20H,11-15H2,1H3,(H,27,32)(H,28,34)(H,29,31). The Morgan fingerprint density at radius 1 is 1.09 bits per heavy atom. The van der Waals surface area contributed by atoms with E-state index < -0.39 is 35.3 Å². The van der Waals surface area contributed by atoms with E-state index in [9.17, 15) is 19.2 Å². The van der Waals surface area contributed by atoms with Crippen molar-refractivity contribution >= 4 is 35.4 Å². The highest BCUT2D eigenvalue weighted by Gasteiger charge is 2.52. The lowest BCUT2D eigenvalue weighted by Gasteiger charge is -2.33. The number of rotatable bonds is 6. The monoisotopic (exact) mass is 482 g/mol. The second-order valence-electron chi connectivity index (χ2n) is 8.99. The first-order valence-electron chi connectivity index (χ1n) is 11.4. The summed E-state index contributed by atoms with van der Waals surface area (Å²) in [7, 11) is 0. The molecule has 2 aromatic rings. The molecular formula is C25H27ClN4O4. The number of amides is 5. The van der Waals surface area contributed by atoms with Gasteiger partial charge in [0, 0.05) is 0 Å². The fourth-order valence-electron chi connectivity index (χ4n) is 4.49. The lowest BCUT2D eigenvalue weighted by Crippen LogP contribution is -2.51. The number of hydrazine groups is 1. The molecule has 9 heteroatoms. The predicted molar refractivity (Wildman–Crippen MR) is 127 cm³/mol. The average molecular weight is 483 g/mol. The summed E-state index contributed by atoms with van der Waals surface area (Å²) in [6.07, 6.45) is 2.58. The molecule has 34 heavy (non-hydrogen) atoms. The number of carbonyl (C=O) groups is 4. The minimum atomic E-state index is -0.950. The number of urea groups is 1. The van der Waals surface area contributed by atoms with Gasteiger partial charge >= 0.3 is 6.03 Å². The molecule has 3 N–H and O–H groups in total. The molecule has 1 saturated carbocycles. The zero-order chi connectivity index (χ0) is 24.3. The van der Waals surface area contributed by atoms with Crippen molar-refractivity contribution in [2.24, 2.45) is 5.92 Å². The molecule has 0 bridgehead atoms. The van der Waals surface area contributed by atoms with Gasteiger partial charge in [0.25, 0.3) is 11.8 Å². The summed E-state index contributed by atoms with van der Waals surface area (Å²) < 4.78 is 0. The van der Waals surface area contributed by atoms with E-state index in [-0.39, 0.29) is 12.0 Å². The minimum Gasteiger partial charge on any atom is -0.345 e. The molecule has 1 spiro atoms. The van der Waals surface area contributed by atoms with Crippen LogP contribution in [0.1, 0.15) is 61.0 Å². The molecule has 2 aromatic carbocycles. The number of hydrogen-bond acceptors (Lipinski definition) is 4. The number of nitrogens with zero attached hydrogens (tertiary/aromatic N) is 1. The Balaban J connectivity index is 1.47. The van der Waals surface area contributed by atoms with Gasteiger partial charge in [0.2, 0.25) is 5.91 Å². The molecule has 1 unspecified atom stereocenters. The molecule has 2 fully saturated rings. The molecule has 0 radical (unpaired) electrons. The van der Waals surface area contributed by atoms with Crippen LogP contribution in [0.4, 0.5) is 4.79 Å². The first-order chi connectivity index (χ1) is 16.3. The summed E-state index contributed by atoms with van der Waals surface area (Å²) in [5.74, 6) is -0.947. The van der Waals surface area contributed by atoms with Crippen LogP contribution in [0.25, 0.3) is 0 Å². The van der Waals surface area contributed by atoms with Gasteiger partial charge in [-0.3, -0.25) is 19.8 Å². The van der Waals surface area contributed by atoms with E-state index in [1.807, 2.05) is 6.07 Å². The first kappa shape index (κ1) is 23.8. The van der Waals surface area contributed by atoms with E-state index in [2.05, 4.69) is 23.0 Å². The lowest BCUT2D eigenvalue weighted by atomic mass is 9.77. The molecule has 178 valence electrons. The van der Waals surface area contributed by atoms with Crippen LogP contribution in [0, 0.1) is 5.92 Å². The van der Waals surface area contributed by atoms with Crippen LogP contribution in [-0.4, -0.2) is 34.3 Å². The molecule has 8 nitrogen and oxygen atoms in total. The number of hydrogen-bond donors (Lipinski definition) is 3. The zero-order valence-electron chi connectivity index (χ0n) is 18.8.